The van der Waals surface area contributed by atoms with E-state index in [0.717, 1.165) is 24.9 Å². The molecule has 110 valence electrons. The summed E-state index contributed by atoms with van der Waals surface area (Å²) in [6, 6.07) is 12.4. The molecule has 0 heterocycles. The van der Waals surface area contributed by atoms with Crippen LogP contribution in [0.1, 0.15) is 25.3 Å². The Morgan fingerprint density at radius 1 is 1.38 bits per heavy atom. The molecule has 0 saturated carbocycles. The summed E-state index contributed by atoms with van der Waals surface area (Å²) < 4.78 is 0. The van der Waals surface area contributed by atoms with Gasteiger partial charge in [-0.3, -0.25) is 4.90 Å². The monoisotopic (exact) mass is 282 g/mol. The highest BCUT2D eigenvalue weighted by molar-refractivity contribution is 5.50. The van der Waals surface area contributed by atoms with Crippen molar-refractivity contribution in [3.05, 3.63) is 59.7 Å². The molecule has 0 aliphatic rings. The number of carbonyl (C=O) groups excluding carboxylic acids is 1. The Bertz CT molecular complexity index is 526. The zero-order chi connectivity index (χ0) is 15.5. The normalized spacial score (nSPS) is 11.7. The van der Waals surface area contributed by atoms with Crippen LogP contribution in [0.5, 0.6) is 0 Å². The molecule has 0 aromatic heterocycles. The molecular formula is C18H22N2O. The van der Waals surface area contributed by atoms with Crippen LogP contribution in [0.25, 0.3) is 0 Å². The highest BCUT2D eigenvalue weighted by Crippen LogP contribution is 2.14. The van der Waals surface area contributed by atoms with Gasteiger partial charge in [-0.15, -0.1) is 6.58 Å². The number of benzene rings is 1. The molecule has 0 N–H and O–H groups in total. The zero-order valence-corrected chi connectivity index (χ0v) is 12.6. The first-order valence-electron chi connectivity index (χ1n) is 7.10. The number of aldehydes is 1. The Hall–Kier alpha value is -2.18. The first-order chi connectivity index (χ1) is 10.2. The maximum absolute atomic E-state index is 10.6. The Kier molecular flexibility index (Phi) is 7.78. The maximum atomic E-state index is 10.6. The Morgan fingerprint density at radius 2 is 2.10 bits per heavy atom. The first kappa shape index (κ1) is 16.9. The van der Waals surface area contributed by atoms with Crippen LogP contribution in [0.15, 0.2) is 54.1 Å². The van der Waals surface area contributed by atoms with Gasteiger partial charge in [0.1, 0.15) is 6.29 Å². The third-order valence-corrected chi connectivity index (χ3v) is 3.31. The van der Waals surface area contributed by atoms with E-state index >= 15 is 0 Å². The summed E-state index contributed by atoms with van der Waals surface area (Å²) in [4.78, 5) is 12.8. The van der Waals surface area contributed by atoms with Gasteiger partial charge in [0.15, 0.2) is 0 Å². The lowest BCUT2D eigenvalue weighted by Gasteiger charge is -2.23. The molecule has 1 aromatic carbocycles. The summed E-state index contributed by atoms with van der Waals surface area (Å²) in [7, 11) is 0. The van der Waals surface area contributed by atoms with Crippen LogP contribution in [0.3, 0.4) is 0 Å². The number of nitrogens with zero attached hydrogens (tertiary/aromatic N) is 2. The molecule has 3 heteroatoms. The minimum Gasteiger partial charge on any atom is -0.303 e. The van der Waals surface area contributed by atoms with E-state index in [1.165, 1.54) is 5.56 Å². The fraction of sp³-hybridized carbons (Fsp3) is 0.333. The SMILES string of the molecule is C=CCN(C/C(CCC=O)=C(/C)C#N)Cc1ccccc1. The highest BCUT2D eigenvalue weighted by atomic mass is 16.1. The second-order valence-corrected chi connectivity index (χ2v) is 4.99. The average molecular weight is 282 g/mol. The molecule has 0 aliphatic heterocycles. The van der Waals surface area contributed by atoms with Gasteiger partial charge in [-0.2, -0.15) is 5.26 Å². The number of allylic oxidation sites excluding steroid dienone is 1. The van der Waals surface area contributed by atoms with Gasteiger partial charge >= 0.3 is 0 Å². The van der Waals surface area contributed by atoms with Gasteiger partial charge < -0.3 is 4.79 Å². The van der Waals surface area contributed by atoms with Crippen LogP contribution in [0.2, 0.25) is 0 Å². The molecule has 0 fully saturated rings. The number of hydrogen-bond acceptors (Lipinski definition) is 3. The van der Waals surface area contributed by atoms with Crippen molar-refractivity contribution in [3.63, 3.8) is 0 Å². The average Bonchev–Trinajstić information content (AvgIpc) is 2.51. The van der Waals surface area contributed by atoms with E-state index in [1.807, 2.05) is 31.2 Å². The van der Waals surface area contributed by atoms with E-state index < -0.39 is 0 Å². The summed E-state index contributed by atoms with van der Waals surface area (Å²) in [6.07, 6.45) is 3.87. The van der Waals surface area contributed by atoms with E-state index in [9.17, 15) is 4.79 Å². The summed E-state index contributed by atoms with van der Waals surface area (Å²) in [5.41, 5.74) is 2.96. The van der Waals surface area contributed by atoms with E-state index in [-0.39, 0.29) is 0 Å². The minimum absolute atomic E-state index is 0.460. The summed E-state index contributed by atoms with van der Waals surface area (Å²) >= 11 is 0. The molecule has 0 atom stereocenters. The van der Waals surface area contributed by atoms with E-state index in [2.05, 4.69) is 29.7 Å². The van der Waals surface area contributed by atoms with E-state index in [4.69, 9.17) is 5.26 Å². The van der Waals surface area contributed by atoms with Crippen LogP contribution in [-0.4, -0.2) is 24.3 Å². The van der Waals surface area contributed by atoms with Crippen LogP contribution in [0.4, 0.5) is 0 Å². The molecule has 21 heavy (non-hydrogen) atoms. The van der Waals surface area contributed by atoms with Crippen molar-refractivity contribution in [1.29, 1.82) is 5.26 Å². The fourth-order valence-corrected chi connectivity index (χ4v) is 2.18. The van der Waals surface area contributed by atoms with Crippen molar-refractivity contribution in [1.82, 2.24) is 4.90 Å². The lowest BCUT2D eigenvalue weighted by atomic mass is 10.0. The predicted octanol–water partition coefficient (Wildman–Crippen LogP) is 3.49. The summed E-state index contributed by atoms with van der Waals surface area (Å²) in [5, 5.41) is 9.10. The topological polar surface area (TPSA) is 44.1 Å². The van der Waals surface area contributed by atoms with Gasteiger partial charge in [0.25, 0.3) is 0 Å². The van der Waals surface area contributed by atoms with Crippen LogP contribution in [0, 0.1) is 11.3 Å². The second kappa shape index (κ2) is 9.68. The van der Waals surface area contributed by atoms with Gasteiger partial charge in [-0.05, 0) is 24.5 Å². The Labute approximate surface area is 127 Å². The van der Waals surface area contributed by atoms with Gasteiger partial charge in [0.05, 0.1) is 6.07 Å². The molecule has 1 rings (SSSR count). The van der Waals surface area contributed by atoms with Gasteiger partial charge in [-0.25, -0.2) is 0 Å². The van der Waals surface area contributed by atoms with Gasteiger partial charge in [-0.1, -0.05) is 36.4 Å². The van der Waals surface area contributed by atoms with Crippen molar-refractivity contribution >= 4 is 6.29 Å². The standard InChI is InChI=1S/C18H22N2O/c1-3-11-20(14-17-8-5-4-6-9-17)15-18(10-7-12-21)16(2)13-19/h3-6,8-9,12H,1,7,10-11,14-15H2,2H3/b18-16-. The zero-order valence-electron chi connectivity index (χ0n) is 12.6. The van der Waals surface area contributed by atoms with Crippen molar-refractivity contribution in [3.8, 4) is 6.07 Å². The van der Waals surface area contributed by atoms with E-state index in [0.29, 0.717) is 25.0 Å². The van der Waals surface area contributed by atoms with Crippen LogP contribution < -0.4 is 0 Å². The van der Waals surface area contributed by atoms with Crippen molar-refractivity contribution in [2.24, 2.45) is 0 Å². The lowest BCUT2D eigenvalue weighted by Crippen LogP contribution is -2.26. The number of nitriles is 1. The van der Waals surface area contributed by atoms with Gasteiger partial charge in [0.2, 0.25) is 0 Å². The highest BCUT2D eigenvalue weighted by Gasteiger charge is 2.10. The van der Waals surface area contributed by atoms with Crippen LogP contribution in [-0.2, 0) is 11.3 Å². The Morgan fingerprint density at radius 3 is 2.67 bits per heavy atom. The largest absolute Gasteiger partial charge is 0.303 e. The molecule has 0 radical (unpaired) electrons. The fourth-order valence-electron chi connectivity index (χ4n) is 2.18. The Balaban J connectivity index is 2.82. The predicted molar refractivity (Wildman–Crippen MR) is 85.5 cm³/mol. The van der Waals surface area contributed by atoms with Gasteiger partial charge in [0, 0.05) is 31.6 Å². The number of rotatable bonds is 9. The molecule has 0 amide bonds. The number of carbonyl (C=O) groups is 1. The lowest BCUT2D eigenvalue weighted by molar-refractivity contribution is -0.107. The molecule has 0 aliphatic carbocycles. The molecule has 0 bridgehead atoms. The molecule has 0 saturated heterocycles. The van der Waals surface area contributed by atoms with Crippen molar-refractivity contribution in [2.45, 2.75) is 26.3 Å². The first-order valence-corrected chi connectivity index (χ1v) is 7.10. The third-order valence-electron chi connectivity index (χ3n) is 3.31. The molecule has 0 spiro atoms. The number of hydrogen-bond donors (Lipinski definition) is 0. The quantitative estimate of drug-likeness (QED) is 0.395. The van der Waals surface area contributed by atoms with Crippen molar-refractivity contribution in [2.75, 3.05) is 13.1 Å². The second-order valence-electron chi connectivity index (χ2n) is 4.99. The molecule has 0 unspecified atom stereocenters. The summed E-state index contributed by atoms with van der Waals surface area (Å²) in [5.74, 6) is 0. The third kappa shape index (κ3) is 6.20. The maximum Gasteiger partial charge on any atom is 0.120 e. The molecule has 3 nitrogen and oxygen atoms in total. The minimum atomic E-state index is 0.460. The molecular weight excluding hydrogens is 260 g/mol. The van der Waals surface area contributed by atoms with Crippen LogP contribution >= 0.6 is 0 Å². The van der Waals surface area contributed by atoms with Crippen molar-refractivity contribution < 1.29 is 4.79 Å². The molecule has 1 aromatic rings. The van der Waals surface area contributed by atoms with E-state index in [1.54, 1.807) is 0 Å². The smallest absolute Gasteiger partial charge is 0.120 e. The summed E-state index contributed by atoms with van der Waals surface area (Å²) in [6.45, 7) is 7.85.